The Labute approximate surface area is 130 Å². The fraction of sp³-hybridized carbons (Fsp3) is 0.625. The van der Waals surface area contributed by atoms with E-state index >= 15 is 0 Å². The van der Waals surface area contributed by atoms with Crippen LogP contribution >= 0.6 is 15.9 Å². The van der Waals surface area contributed by atoms with Gasteiger partial charge in [0, 0.05) is 30.2 Å². The molecule has 3 nitrogen and oxygen atoms in total. The van der Waals surface area contributed by atoms with E-state index < -0.39 is 0 Å². The Bertz CT molecular complexity index is 413. The molecule has 2 N–H and O–H groups in total. The molecule has 20 heavy (non-hydrogen) atoms. The average molecular weight is 341 g/mol. The summed E-state index contributed by atoms with van der Waals surface area (Å²) in [7, 11) is 0. The van der Waals surface area contributed by atoms with Gasteiger partial charge in [-0.25, -0.2) is 0 Å². The molecule has 0 aliphatic carbocycles. The molecule has 1 saturated heterocycles. The molecule has 0 bridgehead atoms. The van der Waals surface area contributed by atoms with Crippen LogP contribution in [0.5, 0.6) is 0 Å². The molecule has 1 aromatic carbocycles. The highest BCUT2D eigenvalue weighted by molar-refractivity contribution is 9.10. The number of hydrogen-bond acceptors (Lipinski definition) is 3. The lowest BCUT2D eigenvalue weighted by atomic mass is 10.0. The van der Waals surface area contributed by atoms with Crippen molar-refractivity contribution in [1.82, 2.24) is 4.90 Å². The average Bonchev–Trinajstić information content (AvgIpc) is 2.48. The second kappa shape index (κ2) is 8.13. The zero-order valence-corrected chi connectivity index (χ0v) is 13.8. The Balaban J connectivity index is 2.05. The van der Waals surface area contributed by atoms with Crippen LogP contribution in [0.4, 0.5) is 0 Å². The molecule has 1 aliphatic heterocycles. The molecule has 0 saturated carbocycles. The molecule has 2 unspecified atom stereocenters. The number of likely N-dealkylation sites (tertiary alicyclic amines) is 1. The van der Waals surface area contributed by atoms with Crippen LogP contribution in [0.25, 0.3) is 0 Å². The SMILES string of the molecule is CCCOC1CCCN(C(CN)c2ccccc2Br)C1. The van der Waals surface area contributed by atoms with Crippen LogP contribution in [0, 0.1) is 0 Å². The molecule has 1 heterocycles. The van der Waals surface area contributed by atoms with E-state index in [-0.39, 0.29) is 6.04 Å². The topological polar surface area (TPSA) is 38.5 Å². The number of ether oxygens (including phenoxy) is 1. The lowest BCUT2D eigenvalue weighted by Gasteiger charge is -2.38. The normalized spacial score (nSPS) is 21.9. The summed E-state index contributed by atoms with van der Waals surface area (Å²) in [6.07, 6.45) is 3.81. The molecule has 2 atom stereocenters. The van der Waals surface area contributed by atoms with Crippen molar-refractivity contribution in [3.8, 4) is 0 Å². The van der Waals surface area contributed by atoms with Gasteiger partial charge in [0.05, 0.1) is 6.10 Å². The van der Waals surface area contributed by atoms with Crippen LogP contribution in [0.3, 0.4) is 0 Å². The first kappa shape index (κ1) is 16.0. The number of benzene rings is 1. The highest BCUT2D eigenvalue weighted by Gasteiger charge is 2.27. The first-order chi connectivity index (χ1) is 9.76. The molecular formula is C16H25BrN2O. The number of hydrogen-bond donors (Lipinski definition) is 1. The quantitative estimate of drug-likeness (QED) is 0.862. The molecule has 112 valence electrons. The molecule has 2 rings (SSSR count). The van der Waals surface area contributed by atoms with Crippen molar-refractivity contribution in [3.63, 3.8) is 0 Å². The van der Waals surface area contributed by atoms with Gasteiger partial charge in [0.1, 0.15) is 0 Å². The summed E-state index contributed by atoms with van der Waals surface area (Å²) >= 11 is 3.65. The van der Waals surface area contributed by atoms with E-state index in [0.29, 0.717) is 12.6 Å². The van der Waals surface area contributed by atoms with Crippen molar-refractivity contribution in [1.29, 1.82) is 0 Å². The summed E-state index contributed by atoms with van der Waals surface area (Å²) in [6, 6.07) is 8.66. The van der Waals surface area contributed by atoms with E-state index in [2.05, 4.69) is 46.0 Å². The third-order valence-electron chi connectivity index (χ3n) is 3.90. The van der Waals surface area contributed by atoms with Crippen molar-refractivity contribution in [2.75, 3.05) is 26.2 Å². The lowest BCUT2D eigenvalue weighted by molar-refractivity contribution is -0.0119. The maximum absolute atomic E-state index is 6.05. The van der Waals surface area contributed by atoms with Crippen molar-refractivity contribution < 1.29 is 4.74 Å². The summed E-state index contributed by atoms with van der Waals surface area (Å²) < 4.78 is 7.07. The predicted octanol–water partition coefficient (Wildman–Crippen LogP) is 3.34. The standard InChI is InChI=1S/C16H25BrN2O/c1-2-10-20-13-6-5-9-19(12-13)16(11-18)14-7-3-4-8-15(14)17/h3-4,7-8,13,16H,2,5-6,9-12,18H2,1H3. The van der Waals surface area contributed by atoms with Crippen LogP contribution in [0.15, 0.2) is 28.7 Å². The fourth-order valence-corrected chi connectivity index (χ4v) is 3.44. The zero-order chi connectivity index (χ0) is 14.4. The van der Waals surface area contributed by atoms with Gasteiger partial charge in [-0.3, -0.25) is 4.90 Å². The first-order valence-corrected chi connectivity index (χ1v) is 8.35. The summed E-state index contributed by atoms with van der Waals surface area (Å²) in [4.78, 5) is 2.48. The van der Waals surface area contributed by atoms with Gasteiger partial charge in [0.25, 0.3) is 0 Å². The third kappa shape index (κ3) is 4.04. The Morgan fingerprint density at radius 1 is 1.45 bits per heavy atom. The Morgan fingerprint density at radius 2 is 2.25 bits per heavy atom. The van der Waals surface area contributed by atoms with Gasteiger partial charge in [-0.05, 0) is 37.4 Å². The highest BCUT2D eigenvalue weighted by atomic mass is 79.9. The number of nitrogens with zero attached hydrogens (tertiary/aromatic N) is 1. The summed E-state index contributed by atoms with van der Waals surface area (Å²) in [6.45, 7) is 5.76. The van der Waals surface area contributed by atoms with Crippen LogP contribution in [0.1, 0.15) is 37.8 Å². The molecule has 0 spiro atoms. The monoisotopic (exact) mass is 340 g/mol. The number of piperidine rings is 1. The second-order valence-electron chi connectivity index (χ2n) is 5.40. The number of rotatable bonds is 6. The van der Waals surface area contributed by atoms with Gasteiger partial charge in [-0.15, -0.1) is 0 Å². The third-order valence-corrected chi connectivity index (χ3v) is 4.62. The molecule has 1 aliphatic rings. The van der Waals surface area contributed by atoms with Crippen molar-refractivity contribution >= 4 is 15.9 Å². The van der Waals surface area contributed by atoms with Crippen LogP contribution in [-0.4, -0.2) is 37.2 Å². The first-order valence-electron chi connectivity index (χ1n) is 7.56. The highest BCUT2D eigenvalue weighted by Crippen LogP contribution is 2.29. The van der Waals surface area contributed by atoms with Crippen molar-refractivity contribution in [3.05, 3.63) is 34.3 Å². The van der Waals surface area contributed by atoms with Crippen molar-refractivity contribution in [2.24, 2.45) is 5.73 Å². The van der Waals surface area contributed by atoms with E-state index in [1.165, 1.54) is 18.4 Å². The lowest BCUT2D eigenvalue weighted by Crippen LogP contribution is -2.44. The summed E-state index contributed by atoms with van der Waals surface area (Å²) in [5, 5.41) is 0. The van der Waals surface area contributed by atoms with Crippen LogP contribution < -0.4 is 5.73 Å². The minimum atomic E-state index is 0.276. The van der Waals surface area contributed by atoms with Gasteiger partial charge < -0.3 is 10.5 Å². The minimum absolute atomic E-state index is 0.276. The fourth-order valence-electron chi connectivity index (χ4n) is 2.89. The van der Waals surface area contributed by atoms with Crippen molar-refractivity contribution in [2.45, 2.75) is 38.3 Å². The molecule has 1 aromatic rings. The van der Waals surface area contributed by atoms with E-state index in [0.717, 1.165) is 30.6 Å². The van der Waals surface area contributed by atoms with Crippen LogP contribution in [-0.2, 0) is 4.74 Å². The van der Waals surface area contributed by atoms with Gasteiger partial charge in [0.15, 0.2) is 0 Å². The maximum Gasteiger partial charge on any atom is 0.0702 e. The Morgan fingerprint density at radius 3 is 2.95 bits per heavy atom. The molecule has 1 fully saturated rings. The Hall–Kier alpha value is -0.420. The minimum Gasteiger partial charge on any atom is -0.377 e. The van der Waals surface area contributed by atoms with E-state index in [4.69, 9.17) is 10.5 Å². The van der Waals surface area contributed by atoms with Crippen LogP contribution in [0.2, 0.25) is 0 Å². The van der Waals surface area contributed by atoms with E-state index in [1.54, 1.807) is 0 Å². The number of nitrogens with two attached hydrogens (primary N) is 1. The zero-order valence-electron chi connectivity index (χ0n) is 12.2. The van der Waals surface area contributed by atoms with Gasteiger partial charge in [-0.2, -0.15) is 0 Å². The molecule has 0 amide bonds. The Kier molecular flexibility index (Phi) is 6.49. The van der Waals surface area contributed by atoms with Gasteiger partial charge >= 0.3 is 0 Å². The van der Waals surface area contributed by atoms with Gasteiger partial charge in [-0.1, -0.05) is 41.1 Å². The predicted molar refractivity (Wildman–Crippen MR) is 86.8 cm³/mol. The van der Waals surface area contributed by atoms with E-state index in [9.17, 15) is 0 Å². The number of halogens is 1. The maximum atomic E-state index is 6.05. The van der Waals surface area contributed by atoms with Gasteiger partial charge in [0.2, 0.25) is 0 Å². The van der Waals surface area contributed by atoms with E-state index in [1.807, 2.05) is 6.07 Å². The summed E-state index contributed by atoms with van der Waals surface area (Å²) in [5.41, 5.74) is 7.33. The molecule has 4 heteroatoms. The molecule has 0 radical (unpaired) electrons. The molecule has 0 aromatic heterocycles. The second-order valence-corrected chi connectivity index (χ2v) is 6.26. The smallest absolute Gasteiger partial charge is 0.0702 e. The summed E-state index contributed by atoms with van der Waals surface area (Å²) in [5.74, 6) is 0. The largest absolute Gasteiger partial charge is 0.377 e. The molecular weight excluding hydrogens is 316 g/mol.